The maximum Gasteiger partial charge on any atom is 0.0999 e. The molecule has 0 N–H and O–H groups in total. The summed E-state index contributed by atoms with van der Waals surface area (Å²) in [5.74, 6) is 0. The summed E-state index contributed by atoms with van der Waals surface area (Å²) in [7, 11) is 2.07. The van der Waals surface area contributed by atoms with Gasteiger partial charge in [-0.25, -0.2) is 0 Å². The summed E-state index contributed by atoms with van der Waals surface area (Å²) in [4.78, 5) is 4.96. The molecule has 0 fully saturated rings. The fourth-order valence-electron chi connectivity index (χ4n) is 3.27. The van der Waals surface area contributed by atoms with Crippen molar-refractivity contribution >= 4 is 17.1 Å². The van der Waals surface area contributed by atoms with Crippen LogP contribution in [0.1, 0.15) is 22.7 Å². The number of aryl methyl sites for hydroxylation is 1. The molecule has 0 aliphatic rings. The number of hydrogen-bond donors (Lipinski definition) is 0. The van der Waals surface area contributed by atoms with Crippen LogP contribution >= 0.6 is 0 Å². The van der Waals surface area contributed by atoms with Gasteiger partial charge in [-0.2, -0.15) is 0 Å². The van der Waals surface area contributed by atoms with E-state index >= 15 is 0 Å². The first-order chi connectivity index (χ1) is 12.3. The standard InChI is InChI=1S/C23H20N2/c1-25-17-20(21-14-8-9-15-22(21)25)16-24-23(18-10-4-2-5-11-18)19-12-6-3-7-13-19/h2-17,23H,1H3. The third kappa shape index (κ3) is 3.11. The van der Waals surface area contributed by atoms with Crippen LogP contribution in [0.4, 0.5) is 0 Å². The molecule has 0 saturated carbocycles. The van der Waals surface area contributed by atoms with Crippen molar-refractivity contribution in [2.45, 2.75) is 6.04 Å². The van der Waals surface area contributed by atoms with Gasteiger partial charge in [0.25, 0.3) is 0 Å². The topological polar surface area (TPSA) is 17.3 Å². The number of benzene rings is 3. The van der Waals surface area contributed by atoms with Gasteiger partial charge in [0, 0.05) is 35.9 Å². The van der Waals surface area contributed by atoms with Gasteiger partial charge >= 0.3 is 0 Å². The molecular weight excluding hydrogens is 304 g/mol. The lowest BCUT2D eigenvalue weighted by molar-refractivity contribution is 0.878. The Balaban J connectivity index is 1.77. The third-order valence-electron chi connectivity index (χ3n) is 4.52. The van der Waals surface area contributed by atoms with Gasteiger partial charge < -0.3 is 4.57 Å². The second kappa shape index (κ2) is 6.78. The third-order valence-corrected chi connectivity index (χ3v) is 4.52. The van der Waals surface area contributed by atoms with Crippen LogP contribution in [0, 0.1) is 0 Å². The molecule has 0 aliphatic heterocycles. The lowest BCUT2D eigenvalue weighted by Crippen LogP contribution is -1.98. The SMILES string of the molecule is Cn1cc(C=NC(c2ccccc2)c2ccccc2)c2ccccc21. The molecule has 0 aliphatic carbocycles. The first-order valence-electron chi connectivity index (χ1n) is 8.50. The summed E-state index contributed by atoms with van der Waals surface area (Å²) >= 11 is 0. The largest absolute Gasteiger partial charge is 0.350 e. The number of hydrogen-bond acceptors (Lipinski definition) is 1. The highest BCUT2D eigenvalue weighted by atomic mass is 14.9. The summed E-state index contributed by atoms with van der Waals surface area (Å²) in [6.45, 7) is 0. The van der Waals surface area contributed by atoms with E-state index in [0.29, 0.717) is 0 Å². The van der Waals surface area contributed by atoms with Crippen LogP contribution in [-0.2, 0) is 7.05 Å². The van der Waals surface area contributed by atoms with Crippen LogP contribution < -0.4 is 0 Å². The predicted molar refractivity (Wildman–Crippen MR) is 105 cm³/mol. The van der Waals surface area contributed by atoms with E-state index in [2.05, 4.69) is 90.6 Å². The highest BCUT2D eigenvalue weighted by Crippen LogP contribution is 2.26. The normalized spacial score (nSPS) is 11.6. The molecular formula is C23H20N2. The highest BCUT2D eigenvalue weighted by molar-refractivity contribution is 5.99. The van der Waals surface area contributed by atoms with Crippen molar-refractivity contribution in [3.63, 3.8) is 0 Å². The van der Waals surface area contributed by atoms with E-state index in [1.54, 1.807) is 0 Å². The van der Waals surface area contributed by atoms with Gasteiger partial charge in [0.2, 0.25) is 0 Å². The van der Waals surface area contributed by atoms with Crippen LogP contribution in [0.25, 0.3) is 10.9 Å². The molecule has 1 aromatic heterocycles. The maximum absolute atomic E-state index is 4.96. The quantitative estimate of drug-likeness (QED) is 0.448. The van der Waals surface area contributed by atoms with Crippen LogP contribution in [0.2, 0.25) is 0 Å². The van der Waals surface area contributed by atoms with E-state index in [0.717, 1.165) is 5.56 Å². The summed E-state index contributed by atoms with van der Waals surface area (Å²) in [5, 5.41) is 1.23. The molecule has 122 valence electrons. The smallest absolute Gasteiger partial charge is 0.0999 e. The number of fused-ring (bicyclic) bond motifs is 1. The van der Waals surface area contributed by atoms with Crippen molar-refractivity contribution in [1.29, 1.82) is 0 Å². The van der Waals surface area contributed by atoms with Gasteiger partial charge in [-0.1, -0.05) is 78.9 Å². The molecule has 0 bridgehead atoms. The molecule has 25 heavy (non-hydrogen) atoms. The Morgan fingerprint density at radius 3 is 1.96 bits per heavy atom. The predicted octanol–water partition coefficient (Wildman–Crippen LogP) is 5.39. The van der Waals surface area contributed by atoms with Crippen molar-refractivity contribution in [1.82, 2.24) is 4.57 Å². The molecule has 0 radical (unpaired) electrons. The Bertz CT molecular complexity index is 959. The zero-order valence-electron chi connectivity index (χ0n) is 14.2. The molecule has 0 saturated heterocycles. The molecule has 4 aromatic rings. The lowest BCUT2D eigenvalue weighted by Gasteiger charge is -2.13. The Morgan fingerprint density at radius 1 is 0.760 bits per heavy atom. The summed E-state index contributed by atoms with van der Waals surface area (Å²) < 4.78 is 2.15. The zero-order chi connectivity index (χ0) is 17.1. The minimum atomic E-state index is 0.00127. The van der Waals surface area contributed by atoms with Crippen LogP contribution in [0.5, 0.6) is 0 Å². The molecule has 3 aromatic carbocycles. The monoisotopic (exact) mass is 324 g/mol. The Hall–Kier alpha value is -3.13. The molecule has 0 spiro atoms. The summed E-state index contributed by atoms with van der Waals surface area (Å²) in [6, 6.07) is 29.3. The maximum atomic E-state index is 4.96. The van der Waals surface area contributed by atoms with E-state index in [4.69, 9.17) is 4.99 Å². The summed E-state index contributed by atoms with van der Waals surface area (Å²) in [6.07, 6.45) is 4.15. The molecule has 0 amide bonds. The van der Waals surface area contributed by atoms with E-state index in [9.17, 15) is 0 Å². The van der Waals surface area contributed by atoms with E-state index in [-0.39, 0.29) is 6.04 Å². The molecule has 1 heterocycles. The Morgan fingerprint density at radius 2 is 1.32 bits per heavy atom. The van der Waals surface area contributed by atoms with Crippen molar-refractivity contribution in [3.05, 3.63) is 108 Å². The number of para-hydroxylation sites is 1. The number of aromatic nitrogens is 1. The van der Waals surface area contributed by atoms with Crippen LogP contribution in [0.15, 0.2) is 96.1 Å². The van der Waals surface area contributed by atoms with Gasteiger partial charge in [-0.3, -0.25) is 4.99 Å². The van der Waals surface area contributed by atoms with Crippen molar-refractivity contribution in [2.75, 3.05) is 0 Å². The van der Waals surface area contributed by atoms with Crippen molar-refractivity contribution in [2.24, 2.45) is 12.0 Å². The van der Waals surface area contributed by atoms with E-state index in [1.807, 2.05) is 18.3 Å². The van der Waals surface area contributed by atoms with Gasteiger partial charge in [0.05, 0.1) is 6.04 Å². The molecule has 2 nitrogen and oxygen atoms in total. The average Bonchev–Trinajstić information content (AvgIpc) is 3.00. The Labute approximate surface area is 148 Å². The number of nitrogens with zero attached hydrogens (tertiary/aromatic N) is 2. The molecule has 2 heteroatoms. The fraction of sp³-hybridized carbons (Fsp3) is 0.0870. The second-order valence-corrected chi connectivity index (χ2v) is 6.21. The van der Waals surface area contributed by atoms with E-state index < -0.39 is 0 Å². The molecule has 4 rings (SSSR count). The van der Waals surface area contributed by atoms with Crippen LogP contribution in [0.3, 0.4) is 0 Å². The first kappa shape index (κ1) is 15.4. The van der Waals surface area contributed by atoms with Crippen molar-refractivity contribution < 1.29 is 0 Å². The minimum absolute atomic E-state index is 0.00127. The minimum Gasteiger partial charge on any atom is -0.350 e. The highest BCUT2D eigenvalue weighted by Gasteiger charge is 2.12. The Kier molecular flexibility index (Phi) is 4.17. The van der Waals surface area contributed by atoms with Crippen molar-refractivity contribution in [3.8, 4) is 0 Å². The summed E-state index contributed by atoms with van der Waals surface area (Å²) in [5.41, 5.74) is 4.77. The van der Waals surface area contributed by atoms with Gasteiger partial charge in [0.1, 0.15) is 0 Å². The second-order valence-electron chi connectivity index (χ2n) is 6.21. The van der Waals surface area contributed by atoms with Gasteiger partial charge in [-0.05, 0) is 17.2 Å². The fourth-order valence-corrected chi connectivity index (χ4v) is 3.27. The number of aliphatic imine (C=N–C) groups is 1. The van der Waals surface area contributed by atoms with Gasteiger partial charge in [-0.15, -0.1) is 0 Å². The zero-order valence-corrected chi connectivity index (χ0v) is 14.2. The van der Waals surface area contributed by atoms with Crippen LogP contribution in [-0.4, -0.2) is 10.8 Å². The lowest BCUT2D eigenvalue weighted by atomic mass is 9.99. The van der Waals surface area contributed by atoms with E-state index in [1.165, 1.54) is 22.0 Å². The number of rotatable bonds is 4. The molecule has 0 atom stereocenters. The molecule has 0 unspecified atom stereocenters. The first-order valence-corrected chi connectivity index (χ1v) is 8.50. The average molecular weight is 324 g/mol. The van der Waals surface area contributed by atoms with Gasteiger partial charge in [0.15, 0.2) is 0 Å².